The van der Waals surface area contributed by atoms with E-state index in [-0.39, 0.29) is 11.8 Å². The van der Waals surface area contributed by atoms with Gasteiger partial charge >= 0.3 is 0 Å². The first-order chi connectivity index (χ1) is 8.20. The summed E-state index contributed by atoms with van der Waals surface area (Å²) in [5, 5.41) is 6.02. The van der Waals surface area contributed by atoms with Crippen molar-refractivity contribution in [3.8, 4) is 0 Å². The predicted octanol–water partition coefficient (Wildman–Crippen LogP) is -0.570. The summed E-state index contributed by atoms with van der Waals surface area (Å²) in [6.07, 6.45) is 2.79. The normalized spacial score (nSPS) is 18.6. The van der Waals surface area contributed by atoms with Gasteiger partial charge < -0.3 is 10.6 Å². The first kappa shape index (κ1) is 15.4. The molecule has 0 aromatic rings. The number of amides is 1. The predicted molar refractivity (Wildman–Crippen MR) is 70.7 cm³/mol. The van der Waals surface area contributed by atoms with Crippen LogP contribution >= 0.6 is 0 Å². The molecule has 6 nitrogen and oxygen atoms in total. The van der Waals surface area contributed by atoms with Crippen LogP contribution in [0.5, 0.6) is 0 Å². The van der Waals surface area contributed by atoms with Gasteiger partial charge in [-0.2, -0.15) is 0 Å². The van der Waals surface area contributed by atoms with Crippen LogP contribution in [0.25, 0.3) is 0 Å². The van der Waals surface area contributed by atoms with Gasteiger partial charge in [0, 0.05) is 18.0 Å². The fourth-order valence-electron chi connectivity index (χ4n) is 2.07. The van der Waals surface area contributed by atoms with E-state index in [4.69, 9.17) is 0 Å². The van der Waals surface area contributed by atoms with Crippen molar-refractivity contribution >= 4 is 15.9 Å². The fourth-order valence-corrected chi connectivity index (χ4v) is 3.15. The van der Waals surface area contributed by atoms with E-state index in [2.05, 4.69) is 15.4 Å². The molecular formula is C11H23N3O3S. The molecule has 0 aromatic carbocycles. The first-order valence-electron chi connectivity index (χ1n) is 6.17. The van der Waals surface area contributed by atoms with E-state index in [0.29, 0.717) is 6.54 Å². The van der Waals surface area contributed by atoms with Crippen LogP contribution in [0.3, 0.4) is 0 Å². The standard InChI is InChI=1S/C11H23N3O3S/c1-11(2,14-18(3,16)17)8-13-10(15)9-4-6-12-7-5-9/h9,12,14H,4-8H2,1-3H3,(H,13,15). The average Bonchev–Trinajstić information content (AvgIpc) is 2.24. The third-order valence-corrected chi connectivity index (χ3v) is 3.80. The Hall–Kier alpha value is -0.660. The van der Waals surface area contributed by atoms with Crippen LogP contribution in [0.2, 0.25) is 0 Å². The van der Waals surface area contributed by atoms with Crippen molar-refractivity contribution in [3.05, 3.63) is 0 Å². The zero-order valence-corrected chi connectivity index (χ0v) is 12.1. The lowest BCUT2D eigenvalue weighted by Crippen LogP contribution is -2.52. The molecule has 0 saturated carbocycles. The quantitative estimate of drug-likeness (QED) is 0.628. The topological polar surface area (TPSA) is 87.3 Å². The smallest absolute Gasteiger partial charge is 0.223 e. The van der Waals surface area contributed by atoms with Gasteiger partial charge in [-0.25, -0.2) is 13.1 Å². The van der Waals surface area contributed by atoms with Gasteiger partial charge in [0.15, 0.2) is 0 Å². The van der Waals surface area contributed by atoms with Crippen LogP contribution in [0, 0.1) is 5.92 Å². The minimum atomic E-state index is -3.27. The Balaban J connectivity index is 2.41. The van der Waals surface area contributed by atoms with E-state index in [0.717, 1.165) is 32.2 Å². The molecular weight excluding hydrogens is 254 g/mol. The largest absolute Gasteiger partial charge is 0.354 e. The second kappa shape index (κ2) is 5.99. The summed E-state index contributed by atoms with van der Waals surface area (Å²) in [7, 11) is -3.27. The lowest BCUT2D eigenvalue weighted by atomic mass is 9.97. The van der Waals surface area contributed by atoms with E-state index in [1.54, 1.807) is 13.8 Å². The summed E-state index contributed by atoms with van der Waals surface area (Å²) in [5.41, 5.74) is -0.670. The van der Waals surface area contributed by atoms with Crippen molar-refractivity contribution in [1.82, 2.24) is 15.4 Å². The van der Waals surface area contributed by atoms with Gasteiger partial charge in [0.05, 0.1) is 6.26 Å². The molecule has 1 aliphatic heterocycles. The van der Waals surface area contributed by atoms with E-state index < -0.39 is 15.6 Å². The first-order valence-corrected chi connectivity index (χ1v) is 8.06. The molecule has 3 N–H and O–H groups in total. The molecule has 0 bridgehead atoms. The summed E-state index contributed by atoms with van der Waals surface area (Å²) in [6.45, 7) is 5.52. The van der Waals surface area contributed by atoms with Crippen LogP contribution in [0.1, 0.15) is 26.7 Å². The molecule has 18 heavy (non-hydrogen) atoms. The Morgan fingerprint density at radius 1 is 1.33 bits per heavy atom. The summed E-state index contributed by atoms with van der Waals surface area (Å²) >= 11 is 0. The Kier molecular flexibility index (Phi) is 5.12. The SMILES string of the molecule is CC(C)(CNC(=O)C1CCNCC1)NS(C)(=O)=O. The maximum Gasteiger partial charge on any atom is 0.223 e. The van der Waals surface area contributed by atoms with Crippen molar-refractivity contribution in [2.75, 3.05) is 25.9 Å². The highest BCUT2D eigenvalue weighted by Crippen LogP contribution is 2.12. The summed E-state index contributed by atoms with van der Waals surface area (Å²) in [5.74, 6) is 0.0557. The zero-order valence-electron chi connectivity index (χ0n) is 11.2. The van der Waals surface area contributed by atoms with E-state index in [1.165, 1.54) is 0 Å². The van der Waals surface area contributed by atoms with Crippen LogP contribution in [0.4, 0.5) is 0 Å². The number of rotatable bonds is 5. The Bertz CT molecular complexity index is 386. The van der Waals surface area contributed by atoms with Crippen molar-refractivity contribution in [3.63, 3.8) is 0 Å². The van der Waals surface area contributed by atoms with Crippen LogP contribution in [-0.2, 0) is 14.8 Å². The summed E-state index contributed by atoms with van der Waals surface area (Å²) in [4.78, 5) is 11.9. The fraction of sp³-hybridized carbons (Fsp3) is 0.909. The molecule has 106 valence electrons. The van der Waals surface area contributed by atoms with Crippen molar-refractivity contribution < 1.29 is 13.2 Å². The maximum absolute atomic E-state index is 11.9. The number of nitrogens with one attached hydrogen (secondary N) is 3. The molecule has 1 rings (SSSR count). The van der Waals surface area contributed by atoms with E-state index in [1.807, 2.05) is 0 Å². The van der Waals surface area contributed by atoms with E-state index in [9.17, 15) is 13.2 Å². The number of carbonyl (C=O) groups excluding carboxylic acids is 1. The number of piperidine rings is 1. The Morgan fingerprint density at radius 3 is 2.39 bits per heavy atom. The molecule has 0 radical (unpaired) electrons. The summed E-state index contributed by atoms with van der Waals surface area (Å²) in [6, 6.07) is 0. The van der Waals surface area contributed by atoms with Crippen LogP contribution in [0.15, 0.2) is 0 Å². The highest BCUT2D eigenvalue weighted by atomic mass is 32.2. The third-order valence-electron chi connectivity index (χ3n) is 2.88. The molecule has 7 heteroatoms. The molecule has 0 spiro atoms. The number of sulfonamides is 1. The molecule has 1 heterocycles. The molecule has 0 atom stereocenters. The van der Waals surface area contributed by atoms with Gasteiger partial charge in [-0.3, -0.25) is 4.79 Å². The van der Waals surface area contributed by atoms with Crippen LogP contribution < -0.4 is 15.4 Å². The highest BCUT2D eigenvalue weighted by molar-refractivity contribution is 7.88. The third kappa shape index (κ3) is 5.79. The van der Waals surface area contributed by atoms with Crippen LogP contribution in [-0.4, -0.2) is 45.8 Å². The highest BCUT2D eigenvalue weighted by Gasteiger charge is 2.25. The van der Waals surface area contributed by atoms with Crippen molar-refractivity contribution in [1.29, 1.82) is 0 Å². The lowest BCUT2D eigenvalue weighted by Gasteiger charge is -2.27. The van der Waals surface area contributed by atoms with Crippen molar-refractivity contribution in [2.45, 2.75) is 32.2 Å². The molecule has 1 fully saturated rings. The molecule has 1 aliphatic rings. The van der Waals surface area contributed by atoms with Gasteiger partial charge in [0.25, 0.3) is 0 Å². The minimum absolute atomic E-state index is 0.0138. The number of hydrogen-bond donors (Lipinski definition) is 3. The summed E-state index contributed by atoms with van der Waals surface area (Å²) < 4.78 is 24.8. The maximum atomic E-state index is 11.9. The van der Waals surface area contributed by atoms with Gasteiger partial charge in [-0.1, -0.05) is 0 Å². The molecule has 0 unspecified atom stereocenters. The van der Waals surface area contributed by atoms with Gasteiger partial charge in [0.2, 0.25) is 15.9 Å². The number of hydrogen-bond acceptors (Lipinski definition) is 4. The molecule has 0 aliphatic carbocycles. The second-order valence-electron chi connectivity index (χ2n) is 5.50. The second-order valence-corrected chi connectivity index (χ2v) is 7.25. The lowest BCUT2D eigenvalue weighted by molar-refractivity contribution is -0.126. The van der Waals surface area contributed by atoms with Gasteiger partial charge in [-0.05, 0) is 39.8 Å². The Labute approximate surface area is 109 Å². The Morgan fingerprint density at radius 2 is 1.89 bits per heavy atom. The van der Waals surface area contributed by atoms with Gasteiger partial charge in [-0.15, -0.1) is 0 Å². The average molecular weight is 277 g/mol. The number of carbonyl (C=O) groups is 1. The van der Waals surface area contributed by atoms with Gasteiger partial charge in [0.1, 0.15) is 0 Å². The van der Waals surface area contributed by atoms with E-state index >= 15 is 0 Å². The zero-order chi connectivity index (χ0) is 13.8. The minimum Gasteiger partial charge on any atom is -0.354 e. The molecule has 1 saturated heterocycles. The molecule has 0 aromatic heterocycles. The van der Waals surface area contributed by atoms with Crippen molar-refractivity contribution in [2.24, 2.45) is 5.92 Å². The monoisotopic (exact) mass is 277 g/mol. The molecule has 1 amide bonds.